The van der Waals surface area contributed by atoms with Gasteiger partial charge in [0.25, 0.3) is 0 Å². The van der Waals surface area contributed by atoms with E-state index in [2.05, 4.69) is 5.48 Å². The molecule has 2 rings (SSSR count). The van der Waals surface area contributed by atoms with Crippen LogP contribution in [-0.2, 0) is 4.84 Å². The summed E-state index contributed by atoms with van der Waals surface area (Å²) in [5, 5.41) is 0. The third-order valence-electron chi connectivity index (χ3n) is 2.50. The molecule has 1 aliphatic heterocycles. The predicted octanol–water partition coefficient (Wildman–Crippen LogP) is 2.19. The van der Waals surface area contributed by atoms with E-state index >= 15 is 0 Å². The highest BCUT2D eigenvalue weighted by molar-refractivity contribution is 5.37. The molecular weight excluding hydrogens is 197 g/mol. The number of halogens is 1. The van der Waals surface area contributed by atoms with E-state index in [0.29, 0.717) is 6.61 Å². The van der Waals surface area contributed by atoms with Gasteiger partial charge in [-0.2, -0.15) is 5.48 Å². The second-order valence-corrected chi connectivity index (χ2v) is 3.55. The lowest BCUT2D eigenvalue weighted by Crippen LogP contribution is -2.19. The Morgan fingerprint density at radius 2 is 2.40 bits per heavy atom. The molecule has 0 saturated carbocycles. The number of fused-ring (bicyclic) bond motifs is 1. The number of nitrogens with one attached hydrogen (secondary N) is 1. The molecule has 3 nitrogen and oxygen atoms in total. The Balaban J connectivity index is 2.33. The van der Waals surface area contributed by atoms with Crippen LogP contribution in [0.3, 0.4) is 0 Å². The van der Waals surface area contributed by atoms with Gasteiger partial charge < -0.3 is 9.57 Å². The SMILES string of the molecule is CONC1CCCOc2ccc(F)cc21. The van der Waals surface area contributed by atoms with E-state index in [9.17, 15) is 4.39 Å². The summed E-state index contributed by atoms with van der Waals surface area (Å²) < 4.78 is 18.6. The molecular formula is C11H14FNO2. The van der Waals surface area contributed by atoms with Gasteiger partial charge in [0, 0.05) is 5.56 Å². The van der Waals surface area contributed by atoms with E-state index in [0.717, 1.165) is 24.2 Å². The Kier molecular flexibility index (Phi) is 3.18. The highest BCUT2D eigenvalue weighted by Crippen LogP contribution is 2.31. The quantitative estimate of drug-likeness (QED) is 0.761. The molecule has 0 spiro atoms. The molecule has 15 heavy (non-hydrogen) atoms. The van der Waals surface area contributed by atoms with Crippen LogP contribution in [0.4, 0.5) is 4.39 Å². The third-order valence-corrected chi connectivity index (χ3v) is 2.50. The zero-order chi connectivity index (χ0) is 10.7. The number of hydrogen-bond donors (Lipinski definition) is 1. The maximum atomic E-state index is 13.1. The van der Waals surface area contributed by atoms with Crippen LogP contribution in [0.5, 0.6) is 5.75 Å². The van der Waals surface area contributed by atoms with E-state index in [1.807, 2.05) is 0 Å². The maximum absolute atomic E-state index is 13.1. The van der Waals surface area contributed by atoms with Gasteiger partial charge in [-0.05, 0) is 31.0 Å². The van der Waals surface area contributed by atoms with Crippen molar-refractivity contribution < 1.29 is 14.0 Å². The van der Waals surface area contributed by atoms with Crippen LogP contribution in [0.2, 0.25) is 0 Å². The minimum atomic E-state index is -0.248. The van der Waals surface area contributed by atoms with Crippen molar-refractivity contribution in [1.82, 2.24) is 5.48 Å². The highest BCUT2D eigenvalue weighted by Gasteiger charge is 2.19. The molecule has 1 atom stereocenters. The van der Waals surface area contributed by atoms with Gasteiger partial charge in [-0.25, -0.2) is 4.39 Å². The zero-order valence-corrected chi connectivity index (χ0v) is 8.63. The van der Waals surface area contributed by atoms with Crippen LogP contribution in [0.15, 0.2) is 18.2 Å². The average molecular weight is 211 g/mol. The van der Waals surface area contributed by atoms with Crippen molar-refractivity contribution in [2.45, 2.75) is 18.9 Å². The standard InChI is InChI=1S/C11H14FNO2/c1-14-13-10-3-2-6-15-11-5-4-8(12)7-9(10)11/h4-5,7,10,13H,2-3,6H2,1H3. The average Bonchev–Trinajstić information content (AvgIpc) is 2.42. The lowest BCUT2D eigenvalue weighted by molar-refractivity contribution is 0.0579. The molecule has 4 heteroatoms. The third kappa shape index (κ3) is 2.27. The van der Waals surface area contributed by atoms with Gasteiger partial charge >= 0.3 is 0 Å². The van der Waals surface area contributed by atoms with E-state index < -0.39 is 0 Å². The molecule has 1 N–H and O–H groups in total. The van der Waals surface area contributed by atoms with Crippen molar-refractivity contribution >= 4 is 0 Å². The number of benzene rings is 1. The summed E-state index contributed by atoms with van der Waals surface area (Å²) in [5.41, 5.74) is 3.69. The van der Waals surface area contributed by atoms with E-state index in [4.69, 9.17) is 9.57 Å². The van der Waals surface area contributed by atoms with Crippen LogP contribution < -0.4 is 10.2 Å². The molecule has 0 saturated heterocycles. The summed E-state index contributed by atoms with van der Waals surface area (Å²) in [6.45, 7) is 0.667. The van der Waals surface area contributed by atoms with Crippen LogP contribution in [-0.4, -0.2) is 13.7 Å². The predicted molar refractivity (Wildman–Crippen MR) is 54.0 cm³/mol. The Morgan fingerprint density at radius 1 is 1.53 bits per heavy atom. The minimum Gasteiger partial charge on any atom is -0.493 e. The maximum Gasteiger partial charge on any atom is 0.124 e. The normalized spacial score (nSPS) is 20.3. The fourth-order valence-corrected chi connectivity index (χ4v) is 1.81. The molecule has 82 valence electrons. The fraction of sp³-hybridized carbons (Fsp3) is 0.455. The van der Waals surface area contributed by atoms with Gasteiger partial charge in [-0.1, -0.05) is 0 Å². The van der Waals surface area contributed by atoms with Crippen molar-refractivity contribution in [2.75, 3.05) is 13.7 Å². The molecule has 1 aromatic rings. The van der Waals surface area contributed by atoms with Gasteiger partial charge in [0.05, 0.1) is 19.8 Å². The van der Waals surface area contributed by atoms with Gasteiger partial charge in [-0.15, -0.1) is 0 Å². The van der Waals surface area contributed by atoms with Crippen molar-refractivity contribution in [3.05, 3.63) is 29.6 Å². The summed E-state index contributed by atoms with van der Waals surface area (Å²) >= 11 is 0. The largest absolute Gasteiger partial charge is 0.493 e. The molecule has 0 amide bonds. The lowest BCUT2D eigenvalue weighted by Gasteiger charge is -2.16. The summed E-state index contributed by atoms with van der Waals surface area (Å²) in [7, 11) is 1.56. The summed E-state index contributed by atoms with van der Waals surface area (Å²) in [4.78, 5) is 4.91. The monoisotopic (exact) mass is 211 g/mol. The number of hydrogen-bond acceptors (Lipinski definition) is 3. The lowest BCUT2D eigenvalue weighted by atomic mass is 10.0. The van der Waals surface area contributed by atoms with Crippen molar-refractivity contribution in [3.8, 4) is 5.75 Å². The Bertz CT molecular complexity index is 343. The first-order chi connectivity index (χ1) is 7.31. The molecule has 0 aliphatic carbocycles. The molecule has 0 radical (unpaired) electrons. The number of rotatable bonds is 2. The van der Waals surface area contributed by atoms with Crippen molar-refractivity contribution in [2.24, 2.45) is 0 Å². The minimum absolute atomic E-state index is 0.00296. The number of ether oxygens (including phenoxy) is 1. The van der Waals surface area contributed by atoms with Gasteiger partial charge in [0.15, 0.2) is 0 Å². The van der Waals surface area contributed by atoms with Gasteiger partial charge in [0.2, 0.25) is 0 Å². The molecule has 1 unspecified atom stereocenters. The van der Waals surface area contributed by atoms with E-state index in [-0.39, 0.29) is 11.9 Å². The van der Waals surface area contributed by atoms with Crippen LogP contribution in [0, 0.1) is 5.82 Å². The van der Waals surface area contributed by atoms with Gasteiger partial charge in [0.1, 0.15) is 11.6 Å². The Morgan fingerprint density at radius 3 is 3.20 bits per heavy atom. The van der Waals surface area contributed by atoms with Crippen LogP contribution in [0.1, 0.15) is 24.4 Å². The Labute approximate surface area is 88.1 Å². The molecule has 1 heterocycles. The highest BCUT2D eigenvalue weighted by atomic mass is 19.1. The number of hydroxylamine groups is 1. The van der Waals surface area contributed by atoms with Gasteiger partial charge in [-0.3, -0.25) is 0 Å². The Hall–Kier alpha value is -1.13. The summed E-state index contributed by atoms with van der Waals surface area (Å²) in [5.74, 6) is 0.491. The molecule has 1 aliphatic rings. The molecule has 1 aromatic carbocycles. The smallest absolute Gasteiger partial charge is 0.124 e. The second kappa shape index (κ2) is 4.59. The molecule has 0 bridgehead atoms. The first-order valence-corrected chi connectivity index (χ1v) is 5.02. The van der Waals surface area contributed by atoms with Crippen LogP contribution >= 0.6 is 0 Å². The fourth-order valence-electron chi connectivity index (χ4n) is 1.81. The van der Waals surface area contributed by atoms with Crippen LogP contribution in [0.25, 0.3) is 0 Å². The molecule has 0 aromatic heterocycles. The first kappa shape index (κ1) is 10.4. The molecule has 0 fully saturated rings. The second-order valence-electron chi connectivity index (χ2n) is 3.55. The van der Waals surface area contributed by atoms with Crippen molar-refractivity contribution in [3.63, 3.8) is 0 Å². The van der Waals surface area contributed by atoms with E-state index in [1.54, 1.807) is 13.2 Å². The zero-order valence-electron chi connectivity index (χ0n) is 8.63. The summed E-state index contributed by atoms with van der Waals surface area (Å²) in [6, 6.07) is 4.58. The van der Waals surface area contributed by atoms with E-state index in [1.165, 1.54) is 12.1 Å². The topological polar surface area (TPSA) is 30.5 Å². The summed E-state index contributed by atoms with van der Waals surface area (Å²) in [6.07, 6.45) is 1.81. The van der Waals surface area contributed by atoms with Crippen molar-refractivity contribution in [1.29, 1.82) is 0 Å². The first-order valence-electron chi connectivity index (χ1n) is 5.02.